The molecule has 1 aromatic heterocycles. The molecule has 0 bridgehead atoms. The minimum absolute atomic E-state index is 0.00302. The molecule has 2 aliphatic rings. The second kappa shape index (κ2) is 9.60. The second-order valence-electron chi connectivity index (χ2n) is 8.55. The van der Waals surface area contributed by atoms with Crippen molar-refractivity contribution in [2.75, 3.05) is 26.2 Å². The Hall–Kier alpha value is -3.35. The number of aliphatic imine (C=N–C) groups is 1. The Bertz CT molecular complexity index is 1390. The first-order chi connectivity index (χ1) is 17.2. The Morgan fingerprint density at radius 1 is 1.22 bits per heavy atom. The molecule has 0 radical (unpaired) electrons. The molecule has 3 heterocycles. The minimum atomic E-state index is -4.60. The van der Waals surface area contributed by atoms with Gasteiger partial charge in [-0.15, -0.1) is 0 Å². The molecule has 3 aromatic rings. The normalized spacial score (nSPS) is 19.9. The average molecular weight is 518 g/mol. The fourth-order valence-electron chi connectivity index (χ4n) is 4.26. The number of halogens is 3. The van der Waals surface area contributed by atoms with E-state index in [2.05, 4.69) is 15.4 Å². The molecule has 36 heavy (non-hydrogen) atoms. The van der Waals surface area contributed by atoms with Gasteiger partial charge in [0, 0.05) is 31.1 Å². The number of nitrogens with one attached hydrogen (secondary N) is 1. The zero-order valence-electron chi connectivity index (χ0n) is 18.9. The lowest BCUT2D eigenvalue weighted by atomic mass is 10.1. The van der Waals surface area contributed by atoms with Crippen LogP contribution in [-0.2, 0) is 17.5 Å². The molecule has 8 nitrogen and oxygen atoms in total. The topological polar surface area (TPSA) is 103 Å². The summed E-state index contributed by atoms with van der Waals surface area (Å²) in [5, 5.41) is 27.7. The van der Waals surface area contributed by atoms with E-state index in [1.165, 1.54) is 28.6 Å². The van der Waals surface area contributed by atoms with E-state index in [0.29, 0.717) is 46.7 Å². The summed E-state index contributed by atoms with van der Waals surface area (Å²) >= 11 is 1.28. The maximum atomic E-state index is 13.4. The number of amides is 1. The highest BCUT2D eigenvalue weighted by Gasteiger charge is 2.34. The van der Waals surface area contributed by atoms with Crippen LogP contribution < -0.4 is 5.32 Å². The van der Waals surface area contributed by atoms with Crippen molar-refractivity contribution in [1.82, 2.24) is 20.0 Å². The molecule has 1 atom stereocenters. The number of amidine groups is 1. The van der Waals surface area contributed by atoms with Gasteiger partial charge in [-0.05, 0) is 53.2 Å². The molecule has 3 N–H and O–H groups in total. The Balaban J connectivity index is 1.35. The monoisotopic (exact) mass is 517 g/mol. The number of carbonyl (C=O) groups is 1. The van der Waals surface area contributed by atoms with Gasteiger partial charge in [0.25, 0.3) is 5.91 Å². The molecular formula is C24H22F3N5O3S. The average Bonchev–Trinajstić information content (AvgIpc) is 3.42. The lowest BCUT2D eigenvalue weighted by molar-refractivity contribution is -0.138. The van der Waals surface area contributed by atoms with Crippen molar-refractivity contribution in [2.24, 2.45) is 4.99 Å². The fourth-order valence-corrected chi connectivity index (χ4v) is 5.20. The number of aliphatic hydroxyl groups is 1. The molecule has 0 spiro atoms. The third kappa shape index (κ3) is 4.97. The van der Waals surface area contributed by atoms with Crippen LogP contribution in [0.4, 0.5) is 13.2 Å². The van der Waals surface area contributed by atoms with Crippen LogP contribution >= 0.6 is 11.8 Å². The van der Waals surface area contributed by atoms with Gasteiger partial charge >= 0.3 is 6.18 Å². The Labute approximate surface area is 208 Å². The number of hydrogen-bond acceptors (Lipinski definition) is 7. The van der Waals surface area contributed by atoms with Gasteiger partial charge in [-0.1, -0.05) is 12.1 Å². The first-order valence-electron chi connectivity index (χ1n) is 11.2. The van der Waals surface area contributed by atoms with Crippen LogP contribution in [0.5, 0.6) is 5.75 Å². The van der Waals surface area contributed by atoms with E-state index < -0.39 is 17.5 Å². The molecule has 5 rings (SSSR count). The highest BCUT2D eigenvalue weighted by Crippen LogP contribution is 2.35. The van der Waals surface area contributed by atoms with Crippen molar-refractivity contribution in [3.05, 3.63) is 64.2 Å². The van der Waals surface area contributed by atoms with Crippen molar-refractivity contribution in [3.8, 4) is 5.75 Å². The van der Waals surface area contributed by atoms with Gasteiger partial charge in [0.1, 0.15) is 5.75 Å². The molecule has 1 saturated heterocycles. The number of nitrogens with zero attached hydrogens (tertiary/aromatic N) is 4. The quantitative estimate of drug-likeness (QED) is 0.457. The van der Waals surface area contributed by atoms with Crippen LogP contribution in [0.3, 0.4) is 0 Å². The molecule has 0 aliphatic carbocycles. The predicted octanol–water partition coefficient (Wildman–Crippen LogP) is 3.05. The number of phenols is 1. The first kappa shape index (κ1) is 24.3. The van der Waals surface area contributed by atoms with Gasteiger partial charge in [0.05, 0.1) is 35.3 Å². The fraction of sp³-hybridized carbons (Fsp3) is 0.292. The zero-order chi connectivity index (χ0) is 25.4. The van der Waals surface area contributed by atoms with Crippen LogP contribution in [0.15, 0.2) is 52.5 Å². The van der Waals surface area contributed by atoms with E-state index in [9.17, 15) is 28.2 Å². The first-order valence-corrected chi connectivity index (χ1v) is 12.0. The second-order valence-corrected chi connectivity index (χ2v) is 9.56. The van der Waals surface area contributed by atoms with Crippen molar-refractivity contribution in [1.29, 1.82) is 0 Å². The number of carbonyl (C=O) groups excluding carboxylic acids is 1. The van der Waals surface area contributed by atoms with Crippen molar-refractivity contribution >= 4 is 39.8 Å². The van der Waals surface area contributed by atoms with E-state index in [0.717, 1.165) is 5.56 Å². The van der Waals surface area contributed by atoms with Crippen LogP contribution in [0.25, 0.3) is 17.0 Å². The van der Waals surface area contributed by atoms with Crippen molar-refractivity contribution < 1.29 is 28.2 Å². The van der Waals surface area contributed by atoms with Gasteiger partial charge in [-0.3, -0.25) is 9.48 Å². The number of piperazine rings is 1. The van der Waals surface area contributed by atoms with Crippen molar-refractivity contribution in [2.45, 2.75) is 18.8 Å². The molecule has 1 unspecified atom stereocenters. The number of thioether (sulfide) groups is 1. The van der Waals surface area contributed by atoms with E-state index >= 15 is 0 Å². The Morgan fingerprint density at radius 3 is 2.83 bits per heavy atom. The van der Waals surface area contributed by atoms with E-state index in [1.54, 1.807) is 24.4 Å². The number of fused-ring (bicyclic) bond motifs is 1. The number of rotatable bonds is 4. The predicted molar refractivity (Wildman–Crippen MR) is 130 cm³/mol. The number of aliphatic hydroxyl groups excluding tert-OH is 1. The van der Waals surface area contributed by atoms with Gasteiger partial charge in [0.2, 0.25) is 0 Å². The zero-order valence-corrected chi connectivity index (χ0v) is 19.7. The van der Waals surface area contributed by atoms with Gasteiger partial charge in [-0.2, -0.15) is 23.3 Å². The van der Waals surface area contributed by atoms with E-state index in [1.807, 2.05) is 11.0 Å². The number of phenolic OH excluding ortho intramolecular Hbond substituents is 1. The molecule has 2 aromatic carbocycles. The molecule has 1 amide bonds. The molecule has 2 aliphatic heterocycles. The highest BCUT2D eigenvalue weighted by molar-refractivity contribution is 8.18. The molecule has 12 heteroatoms. The molecule has 1 fully saturated rings. The van der Waals surface area contributed by atoms with Gasteiger partial charge in [0.15, 0.2) is 5.17 Å². The Kier molecular flexibility index (Phi) is 6.49. The highest BCUT2D eigenvalue weighted by atomic mass is 32.2. The van der Waals surface area contributed by atoms with Crippen LogP contribution in [0.1, 0.15) is 16.7 Å². The summed E-state index contributed by atoms with van der Waals surface area (Å²) in [4.78, 5) is 19.1. The number of hydrogen-bond donors (Lipinski definition) is 3. The molecule has 188 valence electrons. The summed E-state index contributed by atoms with van der Waals surface area (Å²) in [6, 6.07) is 8.43. The summed E-state index contributed by atoms with van der Waals surface area (Å²) in [5.41, 5.74) is 0.459. The minimum Gasteiger partial charge on any atom is -0.508 e. The standard InChI is InChI=1S/C24H22F3N5O3S/c25-24(26,27)19-9-18(34)3-2-15(19)11-32-20-4-1-14(7-16(20)10-29-32)8-21-22(35)30-23(36-21)31-6-5-28-17(12-31)13-33/h1-4,7-10,17,28,33-34H,5-6,11-13H2. The number of alkyl halides is 3. The lowest BCUT2D eigenvalue weighted by Gasteiger charge is -2.33. The summed E-state index contributed by atoms with van der Waals surface area (Å²) in [7, 11) is 0. The number of aromatic hydroxyl groups is 1. The summed E-state index contributed by atoms with van der Waals surface area (Å²) in [5.74, 6) is -0.789. The largest absolute Gasteiger partial charge is 0.508 e. The van der Waals surface area contributed by atoms with Gasteiger partial charge in [-0.25, -0.2) is 0 Å². The van der Waals surface area contributed by atoms with Crippen LogP contribution in [0, 0.1) is 0 Å². The SMILES string of the molecule is O=C1N=C(N2CCNC(CO)C2)SC1=Cc1ccc2c(cnn2Cc2ccc(O)cc2C(F)(F)F)c1. The summed E-state index contributed by atoms with van der Waals surface area (Å²) in [6.45, 7) is 1.82. The third-order valence-corrected chi connectivity index (χ3v) is 7.08. The summed E-state index contributed by atoms with van der Waals surface area (Å²) in [6.07, 6.45) is -1.31. The van der Waals surface area contributed by atoms with Crippen molar-refractivity contribution in [3.63, 3.8) is 0 Å². The Morgan fingerprint density at radius 2 is 2.06 bits per heavy atom. The van der Waals surface area contributed by atoms with Gasteiger partial charge < -0.3 is 20.4 Å². The molecule has 0 saturated carbocycles. The van der Waals surface area contributed by atoms with Crippen LogP contribution in [0.2, 0.25) is 0 Å². The molecular weight excluding hydrogens is 495 g/mol. The number of aromatic nitrogens is 2. The van der Waals surface area contributed by atoms with E-state index in [4.69, 9.17) is 0 Å². The van der Waals surface area contributed by atoms with E-state index in [-0.39, 0.29) is 30.7 Å². The van der Waals surface area contributed by atoms with Crippen LogP contribution in [-0.4, -0.2) is 68.3 Å². The maximum absolute atomic E-state index is 13.4. The smallest absolute Gasteiger partial charge is 0.416 e. The third-order valence-electron chi connectivity index (χ3n) is 6.04. The lowest BCUT2D eigenvalue weighted by Crippen LogP contribution is -2.53. The maximum Gasteiger partial charge on any atom is 0.416 e. The summed E-state index contributed by atoms with van der Waals surface area (Å²) < 4.78 is 41.8. The number of benzene rings is 2.